The van der Waals surface area contributed by atoms with Gasteiger partial charge in [0.15, 0.2) is 0 Å². The Morgan fingerprint density at radius 1 is 1.57 bits per heavy atom. The van der Waals surface area contributed by atoms with E-state index in [1.54, 1.807) is 23.1 Å². The molecule has 1 aromatic heterocycles. The van der Waals surface area contributed by atoms with E-state index >= 15 is 0 Å². The number of nitrogens with one attached hydrogen (secondary N) is 1. The van der Waals surface area contributed by atoms with Gasteiger partial charge in [-0.05, 0) is 11.4 Å². The van der Waals surface area contributed by atoms with Crippen LogP contribution in [0.4, 0.5) is 0 Å². The molecule has 3 nitrogen and oxygen atoms in total. The van der Waals surface area contributed by atoms with Crippen LogP contribution in [-0.4, -0.2) is 24.2 Å². The molecule has 0 spiro atoms. The molecule has 1 aromatic rings. The third kappa shape index (κ3) is 2.10. The van der Waals surface area contributed by atoms with Gasteiger partial charge in [0, 0.05) is 17.2 Å². The van der Waals surface area contributed by atoms with Crippen LogP contribution in [0.2, 0.25) is 0 Å². The van der Waals surface area contributed by atoms with Crippen LogP contribution in [0.1, 0.15) is 10.1 Å². The van der Waals surface area contributed by atoms with Gasteiger partial charge in [-0.15, -0.1) is 23.1 Å². The molecule has 1 aliphatic rings. The van der Waals surface area contributed by atoms with Gasteiger partial charge >= 0.3 is 0 Å². The monoisotopic (exact) mass is 228 g/mol. The van der Waals surface area contributed by atoms with E-state index in [0.717, 1.165) is 0 Å². The number of thioether (sulfide) groups is 1. The summed E-state index contributed by atoms with van der Waals surface area (Å²) in [5.41, 5.74) is 5.66. The van der Waals surface area contributed by atoms with E-state index in [1.165, 1.54) is 4.88 Å². The first-order valence-corrected chi connectivity index (χ1v) is 6.38. The van der Waals surface area contributed by atoms with Crippen molar-refractivity contribution in [2.75, 3.05) is 12.3 Å². The number of carbonyl (C=O) groups excluding carboxylic acids is 1. The van der Waals surface area contributed by atoms with Crippen LogP contribution in [0.15, 0.2) is 17.5 Å². The third-order valence-electron chi connectivity index (χ3n) is 2.14. The molecule has 0 unspecified atom stereocenters. The normalized spacial score (nSPS) is 28.2. The summed E-state index contributed by atoms with van der Waals surface area (Å²) in [5, 5.41) is 5.28. The minimum atomic E-state index is -0.357. The average molecular weight is 228 g/mol. The zero-order chi connectivity index (χ0) is 9.97. The van der Waals surface area contributed by atoms with Crippen LogP contribution in [-0.2, 0) is 4.79 Å². The third-order valence-corrected chi connectivity index (χ3v) is 4.65. The quantitative estimate of drug-likeness (QED) is 0.753. The summed E-state index contributed by atoms with van der Waals surface area (Å²) in [6.45, 7) is 0.692. The first kappa shape index (κ1) is 10.0. The Bertz CT molecular complexity index is 313. The number of nitrogens with two attached hydrogens (primary N) is 1. The molecule has 2 heterocycles. The zero-order valence-electron chi connectivity index (χ0n) is 7.60. The van der Waals surface area contributed by atoms with Crippen molar-refractivity contribution in [3.63, 3.8) is 0 Å². The van der Waals surface area contributed by atoms with Crippen LogP contribution in [0.5, 0.6) is 0 Å². The first-order chi connectivity index (χ1) is 6.77. The molecule has 0 saturated carbocycles. The van der Waals surface area contributed by atoms with Crippen molar-refractivity contribution in [3.05, 3.63) is 22.4 Å². The van der Waals surface area contributed by atoms with Crippen molar-refractivity contribution in [3.8, 4) is 0 Å². The summed E-state index contributed by atoms with van der Waals surface area (Å²) >= 11 is 3.48. The highest BCUT2D eigenvalue weighted by Crippen LogP contribution is 2.32. The number of hydrogen-bond acceptors (Lipinski definition) is 4. The average Bonchev–Trinajstić information content (AvgIpc) is 2.65. The standard InChI is InChI=1S/C9H12N2OS2/c10-6-5-14-8(4-11-9(6)12)7-2-1-3-13-7/h1-3,6,8H,4-5,10H2,(H,11,12)/t6-,8-/m0/s1. The van der Waals surface area contributed by atoms with Gasteiger partial charge in [-0.1, -0.05) is 6.07 Å². The van der Waals surface area contributed by atoms with E-state index in [2.05, 4.69) is 16.8 Å². The summed E-state index contributed by atoms with van der Waals surface area (Å²) in [5.74, 6) is 0.672. The van der Waals surface area contributed by atoms with Crippen molar-refractivity contribution >= 4 is 29.0 Å². The van der Waals surface area contributed by atoms with Crippen LogP contribution in [0, 0.1) is 0 Å². The van der Waals surface area contributed by atoms with Gasteiger partial charge in [-0.2, -0.15) is 0 Å². The molecule has 5 heteroatoms. The summed E-state index contributed by atoms with van der Waals surface area (Å²) < 4.78 is 0. The van der Waals surface area contributed by atoms with Crippen molar-refractivity contribution < 1.29 is 4.79 Å². The minimum Gasteiger partial charge on any atom is -0.353 e. The lowest BCUT2D eigenvalue weighted by Gasteiger charge is -2.10. The summed E-state index contributed by atoms with van der Waals surface area (Å²) in [7, 11) is 0. The van der Waals surface area contributed by atoms with Gasteiger partial charge in [0.1, 0.15) is 0 Å². The summed E-state index contributed by atoms with van der Waals surface area (Å²) in [6.07, 6.45) is 0. The van der Waals surface area contributed by atoms with Crippen molar-refractivity contribution in [1.82, 2.24) is 5.32 Å². The number of hydrogen-bond donors (Lipinski definition) is 2. The number of carbonyl (C=O) groups is 1. The predicted molar refractivity (Wildman–Crippen MR) is 60.5 cm³/mol. The van der Waals surface area contributed by atoms with E-state index in [1.807, 2.05) is 6.07 Å². The second-order valence-electron chi connectivity index (χ2n) is 3.19. The lowest BCUT2D eigenvalue weighted by molar-refractivity contribution is -0.121. The fourth-order valence-electron chi connectivity index (χ4n) is 1.34. The van der Waals surface area contributed by atoms with Gasteiger partial charge in [0.25, 0.3) is 0 Å². The SMILES string of the molecule is N[C@H]1CS[C@H](c2cccs2)CNC1=O. The molecule has 0 radical (unpaired) electrons. The van der Waals surface area contributed by atoms with E-state index in [0.29, 0.717) is 17.5 Å². The van der Waals surface area contributed by atoms with E-state index in [-0.39, 0.29) is 11.9 Å². The largest absolute Gasteiger partial charge is 0.353 e. The molecular formula is C9H12N2OS2. The molecule has 3 N–H and O–H groups in total. The molecule has 1 fully saturated rings. The van der Waals surface area contributed by atoms with Crippen LogP contribution in [0.25, 0.3) is 0 Å². The van der Waals surface area contributed by atoms with Gasteiger partial charge in [0.05, 0.1) is 11.3 Å². The molecule has 2 atom stereocenters. The van der Waals surface area contributed by atoms with E-state index in [9.17, 15) is 4.79 Å². The first-order valence-electron chi connectivity index (χ1n) is 4.45. The topological polar surface area (TPSA) is 55.1 Å². The molecule has 1 amide bonds. The second kappa shape index (κ2) is 4.33. The zero-order valence-corrected chi connectivity index (χ0v) is 9.24. The maximum atomic E-state index is 11.3. The van der Waals surface area contributed by atoms with Crippen molar-refractivity contribution in [2.24, 2.45) is 5.73 Å². The Kier molecular flexibility index (Phi) is 3.10. The van der Waals surface area contributed by atoms with Crippen LogP contribution >= 0.6 is 23.1 Å². The number of amides is 1. The van der Waals surface area contributed by atoms with Gasteiger partial charge < -0.3 is 11.1 Å². The molecule has 14 heavy (non-hydrogen) atoms. The Labute approximate surface area is 91.1 Å². The maximum Gasteiger partial charge on any atom is 0.237 e. The highest BCUT2D eigenvalue weighted by molar-refractivity contribution is 7.99. The molecule has 2 rings (SSSR count). The smallest absolute Gasteiger partial charge is 0.237 e. The van der Waals surface area contributed by atoms with Gasteiger partial charge in [-0.25, -0.2) is 0 Å². The van der Waals surface area contributed by atoms with Crippen LogP contribution < -0.4 is 11.1 Å². The number of rotatable bonds is 1. The fraction of sp³-hybridized carbons (Fsp3) is 0.444. The Hall–Kier alpha value is -0.520. The number of thiophene rings is 1. The second-order valence-corrected chi connectivity index (χ2v) is 5.40. The highest BCUT2D eigenvalue weighted by Gasteiger charge is 2.23. The summed E-state index contributed by atoms with van der Waals surface area (Å²) in [6, 6.07) is 3.78. The Balaban J connectivity index is 2.06. The molecule has 1 saturated heterocycles. The van der Waals surface area contributed by atoms with Gasteiger partial charge in [-0.3, -0.25) is 4.79 Å². The van der Waals surface area contributed by atoms with Crippen molar-refractivity contribution in [2.45, 2.75) is 11.3 Å². The highest BCUT2D eigenvalue weighted by atomic mass is 32.2. The molecule has 76 valence electrons. The fourth-order valence-corrected chi connectivity index (χ4v) is 3.45. The lowest BCUT2D eigenvalue weighted by atomic mass is 10.3. The molecule has 0 aromatic carbocycles. The lowest BCUT2D eigenvalue weighted by Crippen LogP contribution is -2.40. The maximum absolute atomic E-state index is 11.3. The van der Waals surface area contributed by atoms with E-state index in [4.69, 9.17) is 5.73 Å². The molecule has 0 aliphatic carbocycles. The Morgan fingerprint density at radius 3 is 3.14 bits per heavy atom. The molecular weight excluding hydrogens is 216 g/mol. The Morgan fingerprint density at radius 2 is 2.43 bits per heavy atom. The van der Waals surface area contributed by atoms with Crippen molar-refractivity contribution in [1.29, 1.82) is 0 Å². The molecule has 1 aliphatic heterocycles. The minimum absolute atomic E-state index is 0.0310. The van der Waals surface area contributed by atoms with Crippen LogP contribution in [0.3, 0.4) is 0 Å². The summed E-state index contributed by atoms with van der Waals surface area (Å²) in [4.78, 5) is 12.6. The predicted octanol–water partition coefficient (Wildman–Crippen LogP) is 0.979. The molecule has 0 bridgehead atoms. The van der Waals surface area contributed by atoms with E-state index < -0.39 is 0 Å². The van der Waals surface area contributed by atoms with Gasteiger partial charge in [0.2, 0.25) is 5.91 Å².